The topological polar surface area (TPSA) is 51.3 Å². The van der Waals surface area contributed by atoms with Crippen molar-refractivity contribution in [2.24, 2.45) is 12.8 Å². The number of nitrogens with two attached hydrogens (primary N) is 1. The minimum atomic E-state index is -0.273. The summed E-state index contributed by atoms with van der Waals surface area (Å²) in [6, 6.07) is 8.39. The van der Waals surface area contributed by atoms with Gasteiger partial charge in [-0.15, -0.1) is 0 Å². The molecule has 0 saturated heterocycles. The largest absolute Gasteiger partial charge is 0.354 e. The third kappa shape index (κ3) is 3.79. The Balaban J connectivity index is 1.58. The minimum Gasteiger partial charge on any atom is -0.354 e. The summed E-state index contributed by atoms with van der Waals surface area (Å²) in [6.45, 7) is 7.68. The highest BCUT2D eigenvalue weighted by molar-refractivity contribution is 5.98. The molecule has 0 radical (unpaired) electrons. The minimum absolute atomic E-state index is 0.149. The highest BCUT2D eigenvalue weighted by Crippen LogP contribution is 2.27. The van der Waals surface area contributed by atoms with Gasteiger partial charge in [0.25, 0.3) is 5.91 Å². The van der Waals surface area contributed by atoms with E-state index in [1.807, 2.05) is 11.0 Å². The van der Waals surface area contributed by atoms with Gasteiger partial charge in [-0.05, 0) is 74.9 Å². The second-order valence-electron chi connectivity index (χ2n) is 7.83. The smallest absolute Gasteiger partial charge is 0.254 e. The molecule has 1 aromatic carbocycles. The van der Waals surface area contributed by atoms with E-state index in [-0.39, 0.29) is 11.4 Å². The Morgan fingerprint density at radius 1 is 1.20 bits per heavy atom. The van der Waals surface area contributed by atoms with Crippen molar-refractivity contribution in [3.8, 4) is 0 Å². The highest BCUT2D eigenvalue weighted by atomic mass is 16.2. The number of amides is 1. The third-order valence-electron chi connectivity index (χ3n) is 5.55. The molecule has 0 bridgehead atoms. The van der Waals surface area contributed by atoms with Gasteiger partial charge < -0.3 is 15.2 Å². The Kier molecular flexibility index (Phi) is 4.74. The Hall–Kier alpha value is -2.07. The van der Waals surface area contributed by atoms with Gasteiger partial charge >= 0.3 is 0 Å². The fraction of sp³-hybridized carbons (Fsp3) is 0.476. The molecule has 0 aliphatic carbocycles. The zero-order valence-electron chi connectivity index (χ0n) is 15.8. The summed E-state index contributed by atoms with van der Waals surface area (Å²) in [5.74, 6) is 0.149. The molecule has 1 aromatic heterocycles. The molecule has 2 aromatic rings. The number of nitrogens with zero attached hydrogens (tertiary/aromatic N) is 2. The van der Waals surface area contributed by atoms with Crippen molar-refractivity contribution in [2.45, 2.75) is 52.1 Å². The summed E-state index contributed by atoms with van der Waals surface area (Å²) in [4.78, 5) is 14.6. The van der Waals surface area contributed by atoms with Gasteiger partial charge in [0.15, 0.2) is 0 Å². The summed E-state index contributed by atoms with van der Waals surface area (Å²) >= 11 is 0. The molecule has 1 aliphatic heterocycles. The van der Waals surface area contributed by atoms with Crippen molar-refractivity contribution in [1.82, 2.24) is 9.47 Å². The van der Waals surface area contributed by atoms with E-state index in [0.717, 1.165) is 30.4 Å². The first-order chi connectivity index (χ1) is 11.8. The number of fused-ring (bicyclic) bond motifs is 1. The molecule has 2 N–H and O–H groups in total. The molecule has 134 valence electrons. The summed E-state index contributed by atoms with van der Waals surface area (Å²) in [6.07, 6.45) is 4.75. The standard InChI is InChI=1S/C21H29N3O/c1-15-12-17-14-24(20(25)19(17)13-16(15)2)11-9-21(3,22)8-7-18-6-5-10-23(18)4/h5-6,10,12-13H,7-9,11,14,22H2,1-4H3. The van der Waals surface area contributed by atoms with Gasteiger partial charge in [0, 0.05) is 43.1 Å². The summed E-state index contributed by atoms with van der Waals surface area (Å²) in [7, 11) is 2.06. The predicted molar refractivity (Wildman–Crippen MR) is 102 cm³/mol. The van der Waals surface area contributed by atoms with Crippen LogP contribution in [0.15, 0.2) is 30.5 Å². The molecule has 4 heteroatoms. The van der Waals surface area contributed by atoms with Crippen molar-refractivity contribution >= 4 is 5.91 Å². The van der Waals surface area contributed by atoms with Crippen LogP contribution >= 0.6 is 0 Å². The van der Waals surface area contributed by atoms with Gasteiger partial charge in [-0.3, -0.25) is 4.79 Å². The van der Waals surface area contributed by atoms with Crippen molar-refractivity contribution in [2.75, 3.05) is 6.54 Å². The Labute approximate surface area is 150 Å². The molecular weight excluding hydrogens is 310 g/mol. The van der Waals surface area contributed by atoms with Gasteiger partial charge in [0.05, 0.1) is 0 Å². The van der Waals surface area contributed by atoms with Gasteiger partial charge in [0.2, 0.25) is 0 Å². The van der Waals surface area contributed by atoms with Crippen molar-refractivity contribution in [3.05, 3.63) is 58.4 Å². The molecule has 4 nitrogen and oxygen atoms in total. The average molecular weight is 339 g/mol. The number of hydrogen-bond acceptors (Lipinski definition) is 2. The summed E-state index contributed by atoms with van der Waals surface area (Å²) < 4.78 is 2.14. The molecule has 25 heavy (non-hydrogen) atoms. The van der Waals surface area contributed by atoms with Crippen LogP contribution in [0.25, 0.3) is 0 Å². The van der Waals surface area contributed by atoms with E-state index in [0.29, 0.717) is 13.1 Å². The number of aryl methyl sites for hydroxylation is 4. The van der Waals surface area contributed by atoms with Crippen LogP contribution in [0.3, 0.4) is 0 Å². The lowest BCUT2D eigenvalue weighted by molar-refractivity contribution is 0.0766. The van der Waals surface area contributed by atoms with Gasteiger partial charge in [-0.2, -0.15) is 0 Å². The van der Waals surface area contributed by atoms with E-state index in [9.17, 15) is 4.79 Å². The second-order valence-corrected chi connectivity index (χ2v) is 7.83. The maximum Gasteiger partial charge on any atom is 0.254 e. The van der Waals surface area contributed by atoms with E-state index in [4.69, 9.17) is 5.73 Å². The van der Waals surface area contributed by atoms with Gasteiger partial charge in [-0.25, -0.2) is 0 Å². The van der Waals surface area contributed by atoms with Crippen LogP contribution in [0.2, 0.25) is 0 Å². The molecule has 1 aliphatic rings. The lowest BCUT2D eigenvalue weighted by Gasteiger charge is -2.27. The van der Waals surface area contributed by atoms with E-state index in [1.165, 1.54) is 16.8 Å². The lowest BCUT2D eigenvalue weighted by Crippen LogP contribution is -2.41. The first kappa shape index (κ1) is 17.7. The molecule has 2 heterocycles. The molecule has 0 fully saturated rings. The molecule has 3 rings (SSSR count). The Morgan fingerprint density at radius 3 is 2.60 bits per heavy atom. The van der Waals surface area contributed by atoms with Crippen LogP contribution in [0, 0.1) is 13.8 Å². The first-order valence-electron chi connectivity index (χ1n) is 9.05. The van der Waals surface area contributed by atoms with E-state index >= 15 is 0 Å². The third-order valence-corrected chi connectivity index (χ3v) is 5.55. The average Bonchev–Trinajstić information content (AvgIpc) is 3.09. The first-order valence-corrected chi connectivity index (χ1v) is 9.05. The zero-order chi connectivity index (χ0) is 18.2. The molecular formula is C21H29N3O. The van der Waals surface area contributed by atoms with Crippen molar-refractivity contribution in [1.29, 1.82) is 0 Å². The van der Waals surface area contributed by atoms with Crippen LogP contribution < -0.4 is 5.73 Å². The molecule has 1 amide bonds. The second kappa shape index (κ2) is 6.68. The maximum atomic E-state index is 12.6. The number of carbonyl (C=O) groups is 1. The monoisotopic (exact) mass is 339 g/mol. The van der Waals surface area contributed by atoms with E-state index in [2.05, 4.69) is 56.8 Å². The zero-order valence-corrected chi connectivity index (χ0v) is 15.8. The number of carbonyl (C=O) groups excluding carboxylic acids is 1. The maximum absolute atomic E-state index is 12.6. The summed E-state index contributed by atoms with van der Waals surface area (Å²) in [5.41, 5.74) is 12.0. The molecule has 1 atom stereocenters. The quantitative estimate of drug-likeness (QED) is 0.877. The van der Waals surface area contributed by atoms with Crippen LogP contribution in [-0.4, -0.2) is 27.5 Å². The number of benzene rings is 1. The fourth-order valence-electron chi connectivity index (χ4n) is 3.52. The van der Waals surface area contributed by atoms with Gasteiger partial charge in [-0.1, -0.05) is 6.07 Å². The molecule has 0 spiro atoms. The number of rotatable bonds is 6. The van der Waals surface area contributed by atoms with Gasteiger partial charge in [0.1, 0.15) is 0 Å². The van der Waals surface area contributed by atoms with Crippen molar-refractivity contribution < 1.29 is 4.79 Å². The van der Waals surface area contributed by atoms with E-state index in [1.54, 1.807) is 0 Å². The molecule has 1 unspecified atom stereocenters. The summed E-state index contributed by atoms with van der Waals surface area (Å²) in [5, 5.41) is 0. The van der Waals surface area contributed by atoms with Crippen LogP contribution in [0.1, 0.15) is 52.5 Å². The lowest BCUT2D eigenvalue weighted by atomic mass is 9.92. The normalized spacial score (nSPS) is 16.2. The predicted octanol–water partition coefficient (Wildman–Crippen LogP) is 3.34. The number of hydrogen-bond donors (Lipinski definition) is 1. The highest BCUT2D eigenvalue weighted by Gasteiger charge is 2.29. The fourth-order valence-corrected chi connectivity index (χ4v) is 3.52. The van der Waals surface area contributed by atoms with Crippen molar-refractivity contribution in [3.63, 3.8) is 0 Å². The van der Waals surface area contributed by atoms with Crippen LogP contribution in [-0.2, 0) is 20.0 Å². The molecule has 0 saturated carbocycles. The Bertz CT molecular complexity index is 788. The van der Waals surface area contributed by atoms with E-state index < -0.39 is 0 Å². The van der Waals surface area contributed by atoms with Crippen LogP contribution in [0.5, 0.6) is 0 Å². The SMILES string of the molecule is Cc1cc2c(cc1C)C(=O)N(CCC(C)(N)CCc1cccn1C)C2. The Morgan fingerprint density at radius 2 is 1.92 bits per heavy atom. The van der Waals surface area contributed by atoms with Crippen LogP contribution in [0.4, 0.5) is 0 Å². The number of aromatic nitrogens is 1.